The number of unbranched alkanes of at least 4 members (excludes halogenated alkanes) is 1. The fourth-order valence-corrected chi connectivity index (χ4v) is 2.93. The molecule has 0 heterocycles. The minimum atomic E-state index is -0.415. The van der Waals surface area contributed by atoms with E-state index in [1.165, 1.54) is 20.0 Å². The van der Waals surface area contributed by atoms with Crippen molar-refractivity contribution < 1.29 is 9.53 Å². The summed E-state index contributed by atoms with van der Waals surface area (Å²) in [5.41, 5.74) is -0.415. The van der Waals surface area contributed by atoms with Crippen molar-refractivity contribution in [2.24, 2.45) is 11.3 Å². The van der Waals surface area contributed by atoms with E-state index in [2.05, 4.69) is 13.5 Å². The molecule has 0 amide bonds. The molecule has 0 saturated heterocycles. The van der Waals surface area contributed by atoms with Gasteiger partial charge >= 0.3 is 5.97 Å². The molecule has 0 aliphatic heterocycles. The van der Waals surface area contributed by atoms with Crippen molar-refractivity contribution in [1.82, 2.24) is 0 Å². The summed E-state index contributed by atoms with van der Waals surface area (Å²) in [5.74, 6) is 0.367. The van der Waals surface area contributed by atoms with Crippen molar-refractivity contribution in [2.75, 3.05) is 7.11 Å². The highest BCUT2D eigenvalue weighted by Crippen LogP contribution is 2.45. The van der Waals surface area contributed by atoms with Crippen LogP contribution in [0.5, 0.6) is 0 Å². The summed E-state index contributed by atoms with van der Waals surface area (Å²) < 4.78 is 5.01. The van der Waals surface area contributed by atoms with E-state index in [0.29, 0.717) is 5.92 Å². The topological polar surface area (TPSA) is 26.3 Å². The van der Waals surface area contributed by atoms with E-state index >= 15 is 0 Å². The molecule has 1 atom stereocenters. The minimum Gasteiger partial charge on any atom is -0.468 e. The second kappa shape index (κ2) is 6.07. The molecule has 1 aliphatic rings. The molecular formula is C14H24O2. The number of hydrogen-bond acceptors (Lipinski definition) is 2. The Morgan fingerprint density at radius 2 is 2.12 bits per heavy atom. The Balaban J connectivity index is 2.86. The van der Waals surface area contributed by atoms with E-state index in [1.807, 2.05) is 6.08 Å². The SMILES string of the molecule is C=C[C@](CCCC)(C(=O)OC)C1CCCC1. The molecule has 0 spiro atoms. The number of methoxy groups -OCH3 is 1. The summed E-state index contributed by atoms with van der Waals surface area (Å²) in [6.45, 7) is 6.05. The molecule has 0 unspecified atom stereocenters. The first-order valence-corrected chi connectivity index (χ1v) is 6.43. The van der Waals surface area contributed by atoms with Crippen LogP contribution in [0.15, 0.2) is 12.7 Å². The average Bonchev–Trinajstić information content (AvgIpc) is 2.84. The van der Waals surface area contributed by atoms with Gasteiger partial charge in [0.25, 0.3) is 0 Å². The quantitative estimate of drug-likeness (QED) is 0.508. The molecule has 1 fully saturated rings. The summed E-state index contributed by atoms with van der Waals surface area (Å²) in [6.07, 6.45) is 9.69. The lowest BCUT2D eigenvalue weighted by Gasteiger charge is -2.33. The number of esters is 1. The number of hydrogen-bond donors (Lipinski definition) is 0. The van der Waals surface area contributed by atoms with E-state index in [9.17, 15) is 4.79 Å². The molecule has 0 aromatic heterocycles. The van der Waals surface area contributed by atoms with Gasteiger partial charge in [0.05, 0.1) is 12.5 Å². The summed E-state index contributed by atoms with van der Waals surface area (Å²) >= 11 is 0. The molecule has 0 aromatic carbocycles. The first-order valence-electron chi connectivity index (χ1n) is 6.43. The molecule has 2 nitrogen and oxygen atoms in total. The van der Waals surface area contributed by atoms with Crippen LogP contribution in [-0.2, 0) is 9.53 Å². The fraction of sp³-hybridized carbons (Fsp3) is 0.786. The Bertz CT molecular complexity index is 241. The predicted molar refractivity (Wildman–Crippen MR) is 66.1 cm³/mol. The molecule has 16 heavy (non-hydrogen) atoms. The van der Waals surface area contributed by atoms with E-state index in [4.69, 9.17) is 4.74 Å². The molecule has 0 radical (unpaired) electrons. The molecule has 1 aliphatic carbocycles. The summed E-state index contributed by atoms with van der Waals surface area (Å²) in [7, 11) is 1.49. The van der Waals surface area contributed by atoms with Crippen molar-refractivity contribution in [1.29, 1.82) is 0 Å². The standard InChI is InChI=1S/C14H24O2/c1-4-6-11-14(5-2,13(15)16-3)12-9-7-8-10-12/h5,12H,2,4,6-11H2,1,3H3/t14-/m1/s1. The maximum Gasteiger partial charge on any atom is 0.315 e. The molecule has 0 bridgehead atoms. The molecule has 2 heteroatoms. The van der Waals surface area contributed by atoms with E-state index in [-0.39, 0.29) is 5.97 Å². The van der Waals surface area contributed by atoms with Gasteiger partial charge in [-0.25, -0.2) is 0 Å². The van der Waals surface area contributed by atoms with Gasteiger partial charge in [0.1, 0.15) is 0 Å². The Hall–Kier alpha value is -0.790. The van der Waals surface area contributed by atoms with Gasteiger partial charge in [-0.1, -0.05) is 38.7 Å². The third-order valence-corrected chi connectivity index (χ3v) is 3.96. The number of rotatable bonds is 6. The molecule has 1 saturated carbocycles. The highest BCUT2D eigenvalue weighted by molar-refractivity contribution is 5.79. The highest BCUT2D eigenvalue weighted by Gasteiger charge is 2.44. The first-order chi connectivity index (χ1) is 7.71. The van der Waals surface area contributed by atoms with Crippen molar-refractivity contribution >= 4 is 5.97 Å². The lowest BCUT2D eigenvalue weighted by atomic mass is 9.71. The number of carbonyl (C=O) groups excluding carboxylic acids is 1. The largest absolute Gasteiger partial charge is 0.468 e. The van der Waals surface area contributed by atoms with Crippen LogP contribution in [0.3, 0.4) is 0 Å². The normalized spacial score (nSPS) is 20.4. The van der Waals surface area contributed by atoms with Crippen LogP contribution in [0.1, 0.15) is 51.9 Å². The van der Waals surface area contributed by atoms with Gasteiger partial charge in [0, 0.05) is 0 Å². The Morgan fingerprint density at radius 1 is 1.50 bits per heavy atom. The molecule has 1 rings (SSSR count). The predicted octanol–water partition coefficient (Wildman–Crippen LogP) is 3.71. The lowest BCUT2D eigenvalue weighted by molar-refractivity contribution is -0.153. The first kappa shape index (κ1) is 13.3. The van der Waals surface area contributed by atoms with Crippen LogP contribution in [0, 0.1) is 11.3 Å². The average molecular weight is 224 g/mol. The monoisotopic (exact) mass is 224 g/mol. The zero-order valence-corrected chi connectivity index (χ0v) is 10.6. The molecule has 92 valence electrons. The maximum atomic E-state index is 12.1. The van der Waals surface area contributed by atoms with Crippen LogP contribution >= 0.6 is 0 Å². The van der Waals surface area contributed by atoms with Crippen molar-refractivity contribution in [3.63, 3.8) is 0 Å². The second-order valence-corrected chi connectivity index (χ2v) is 4.82. The zero-order valence-electron chi connectivity index (χ0n) is 10.6. The van der Waals surface area contributed by atoms with Crippen LogP contribution in [-0.4, -0.2) is 13.1 Å². The lowest BCUT2D eigenvalue weighted by Crippen LogP contribution is -2.36. The van der Waals surface area contributed by atoms with Crippen LogP contribution in [0.25, 0.3) is 0 Å². The summed E-state index contributed by atoms with van der Waals surface area (Å²) in [5, 5.41) is 0. The Kier molecular flexibility index (Phi) is 5.04. The van der Waals surface area contributed by atoms with Gasteiger partial charge in [0.2, 0.25) is 0 Å². The van der Waals surface area contributed by atoms with Crippen molar-refractivity contribution in [3.8, 4) is 0 Å². The fourth-order valence-electron chi connectivity index (χ4n) is 2.93. The third-order valence-electron chi connectivity index (χ3n) is 3.96. The number of ether oxygens (including phenoxy) is 1. The van der Waals surface area contributed by atoms with E-state index in [0.717, 1.165) is 32.1 Å². The van der Waals surface area contributed by atoms with Crippen molar-refractivity contribution in [3.05, 3.63) is 12.7 Å². The number of carbonyl (C=O) groups is 1. The van der Waals surface area contributed by atoms with Gasteiger partial charge in [-0.05, 0) is 25.2 Å². The minimum absolute atomic E-state index is 0.0807. The maximum absolute atomic E-state index is 12.1. The summed E-state index contributed by atoms with van der Waals surface area (Å²) in [4.78, 5) is 12.1. The Labute approximate surface area is 99.1 Å². The Morgan fingerprint density at radius 3 is 2.56 bits per heavy atom. The highest BCUT2D eigenvalue weighted by atomic mass is 16.5. The molecule has 0 aromatic rings. The van der Waals surface area contributed by atoms with Crippen LogP contribution in [0.2, 0.25) is 0 Å². The second-order valence-electron chi connectivity index (χ2n) is 4.82. The van der Waals surface area contributed by atoms with Gasteiger partial charge < -0.3 is 4.74 Å². The summed E-state index contributed by atoms with van der Waals surface area (Å²) in [6, 6.07) is 0. The molecule has 0 N–H and O–H groups in total. The van der Waals surface area contributed by atoms with Gasteiger partial charge in [-0.3, -0.25) is 4.79 Å². The smallest absolute Gasteiger partial charge is 0.315 e. The van der Waals surface area contributed by atoms with Gasteiger partial charge in [-0.2, -0.15) is 0 Å². The zero-order chi connectivity index (χ0) is 12.0. The van der Waals surface area contributed by atoms with Gasteiger partial charge in [0.15, 0.2) is 0 Å². The van der Waals surface area contributed by atoms with E-state index in [1.54, 1.807) is 0 Å². The molecular weight excluding hydrogens is 200 g/mol. The van der Waals surface area contributed by atoms with Crippen LogP contribution in [0.4, 0.5) is 0 Å². The third kappa shape index (κ3) is 2.47. The van der Waals surface area contributed by atoms with E-state index < -0.39 is 5.41 Å². The van der Waals surface area contributed by atoms with Crippen molar-refractivity contribution in [2.45, 2.75) is 51.9 Å². The van der Waals surface area contributed by atoms with Crippen LogP contribution < -0.4 is 0 Å². The van der Waals surface area contributed by atoms with Gasteiger partial charge in [-0.15, -0.1) is 6.58 Å².